The van der Waals surface area contributed by atoms with Gasteiger partial charge in [0.2, 0.25) is 0 Å². The molecule has 1 unspecified atom stereocenters. The second-order valence-electron chi connectivity index (χ2n) is 4.51. The Morgan fingerprint density at radius 3 is 2.60 bits per heavy atom. The molecule has 6 nitrogen and oxygen atoms in total. The molecule has 1 rings (SSSR count). The molecule has 1 amide bonds. The van der Waals surface area contributed by atoms with Crippen molar-refractivity contribution in [2.75, 3.05) is 13.1 Å². The molecule has 106 valence electrons. The Bertz CT molecular complexity index is 563. The summed E-state index contributed by atoms with van der Waals surface area (Å²) in [7, 11) is 0. The summed E-state index contributed by atoms with van der Waals surface area (Å²) in [6.45, 7) is 5.90. The Balaban J connectivity index is 2.99. The normalized spacial score (nSPS) is 11.5. The van der Waals surface area contributed by atoms with Crippen LogP contribution in [-0.2, 0) is 0 Å². The highest BCUT2D eigenvalue weighted by Gasteiger charge is 2.19. The summed E-state index contributed by atoms with van der Waals surface area (Å²) in [6.07, 6.45) is 0. The lowest BCUT2D eigenvalue weighted by atomic mass is 10.1. The topological polar surface area (TPSA) is 94.3 Å². The first-order valence-corrected chi connectivity index (χ1v) is 6.30. The van der Waals surface area contributed by atoms with Crippen LogP contribution in [0.1, 0.15) is 40.4 Å². The first-order chi connectivity index (χ1) is 9.40. The van der Waals surface area contributed by atoms with Gasteiger partial charge in [-0.2, -0.15) is 5.26 Å². The van der Waals surface area contributed by atoms with Crippen LogP contribution in [0.4, 0.5) is 0 Å². The van der Waals surface area contributed by atoms with Gasteiger partial charge in [-0.3, -0.25) is 4.79 Å². The fraction of sp³-hybridized carbons (Fsp3) is 0.429. The van der Waals surface area contributed by atoms with E-state index in [1.807, 2.05) is 6.92 Å². The van der Waals surface area contributed by atoms with Gasteiger partial charge in [0, 0.05) is 13.1 Å². The number of hydrogen-bond acceptors (Lipinski definition) is 4. The molecule has 0 aliphatic rings. The van der Waals surface area contributed by atoms with E-state index >= 15 is 0 Å². The molecule has 0 aliphatic carbocycles. The first-order valence-electron chi connectivity index (χ1n) is 6.30. The molecule has 0 saturated heterocycles. The standard InChI is InChI=1S/C14H17N3O3/c1-4-17(8-9(2)7-15)13(18)12-6-5-11(14(19)20)10(3)16-12/h5-6,9H,4,8H2,1-3H3,(H,19,20). The third kappa shape index (κ3) is 3.54. The number of nitrogens with zero attached hydrogens (tertiary/aromatic N) is 3. The number of carboxylic acid groups (broad SMARTS) is 1. The average Bonchev–Trinajstić information content (AvgIpc) is 2.43. The van der Waals surface area contributed by atoms with Gasteiger partial charge in [-0.25, -0.2) is 9.78 Å². The summed E-state index contributed by atoms with van der Waals surface area (Å²) in [5.41, 5.74) is 0.571. The highest BCUT2D eigenvalue weighted by atomic mass is 16.4. The number of nitriles is 1. The van der Waals surface area contributed by atoms with Crippen molar-refractivity contribution in [3.8, 4) is 6.07 Å². The lowest BCUT2D eigenvalue weighted by molar-refractivity contribution is 0.0691. The van der Waals surface area contributed by atoms with Gasteiger partial charge in [-0.15, -0.1) is 0 Å². The minimum Gasteiger partial charge on any atom is -0.478 e. The molecule has 20 heavy (non-hydrogen) atoms. The predicted molar refractivity (Wildman–Crippen MR) is 72.3 cm³/mol. The van der Waals surface area contributed by atoms with Crippen molar-refractivity contribution in [3.05, 3.63) is 29.1 Å². The van der Waals surface area contributed by atoms with E-state index in [2.05, 4.69) is 11.1 Å². The zero-order chi connectivity index (χ0) is 15.3. The van der Waals surface area contributed by atoms with E-state index in [0.29, 0.717) is 18.8 Å². The van der Waals surface area contributed by atoms with Crippen LogP contribution < -0.4 is 0 Å². The van der Waals surface area contributed by atoms with Gasteiger partial charge in [0.1, 0.15) is 5.69 Å². The van der Waals surface area contributed by atoms with E-state index in [1.54, 1.807) is 13.8 Å². The monoisotopic (exact) mass is 275 g/mol. The van der Waals surface area contributed by atoms with Gasteiger partial charge < -0.3 is 10.0 Å². The molecular formula is C14H17N3O3. The van der Waals surface area contributed by atoms with Crippen molar-refractivity contribution in [2.24, 2.45) is 5.92 Å². The Morgan fingerprint density at radius 2 is 2.15 bits per heavy atom. The van der Waals surface area contributed by atoms with Gasteiger partial charge in [0.15, 0.2) is 0 Å². The molecule has 6 heteroatoms. The Hall–Kier alpha value is -2.42. The Morgan fingerprint density at radius 1 is 1.50 bits per heavy atom. The molecular weight excluding hydrogens is 258 g/mol. The highest BCUT2D eigenvalue weighted by molar-refractivity contribution is 5.94. The van der Waals surface area contributed by atoms with E-state index in [-0.39, 0.29) is 23.1 Å². The van der Waals surface area contributed by atoms with E-state index in [1.165, 1.54) is 17.0 Å². The number of amides is 1. The number of carbonyl (C=O) groups excluding carboxylic acids is 1. The fourth-order valence-electron chi connectivity index (χ4n) is 1.80. The molecule has 0 radical (unpaired) electrons. The molecule has 0 aliphatic heterocycles. The number of aromatic carboxylic acids is 1. The summed E-state index contributed by atoms with van der Waals surface area (Å²) < 4.78 is 0. The smallest absolute Gasteiger partial charge is 0.337 e. The maximum atomic E-state index is 12.3. The highest BCUT2D eigenvalue weighted by Crippen LogP contribution is 2.10. The van der Waals surface area contributed by atoms with E-state index < -0.39 is 5.97 Å². The summed E-state index contributed by atoms with van der Waals surface area (Å²) in [6, 6.07) is 4.86. The number of hydrogen-bond donors (Lipinski definition) is 1. The van der Waals surface area contributed by atoms with Crippen molar-refractivity contribution >= 4 is 11.9 Å². The predicted octanol–water partition coefficient (Wildman–Crippen LogP) is 1.71. The number of pyridine rings is 1. The average molecular weight is 275 g/mol. The van der Waals surface area contributed by atoms with Crippen molar-refractivity contribution in [3.63, 3.8) is 0 Å². The van der Waals surface area contributed by atoms with Gasteiger partial charge in [-0.1, -0.05) is 0 Å². The zero-order valence-electron chi connectivity index (χ0n) is 11.8. The molecule has 0 aromatic carbocycles. The maximum absolute atomic E-state index is 12.3. The number of rotatable bonds is 5. The zero-order valence-corrected chi connectivity index (χ0v) is 11.8. The van der Waals surface area contributed by atoms with E-state index in [4.69, 9.17) is 10.4 Å². The van der Waals surface area contributed by atoms with Crippen molar-refractivity contribution in [1.29, 1.82) is 5.26 Å². The van der Waals surface area contributed by atoms with Crippen molar-refractivity contribution in [2.45, 2.75) is 20.8 Å². The molecule has 1 atom stereocenters. The van der Waals surface area contributed by atoms with Crippen LogP contribution in [0.5, 0.6) is 0 Å². The molecule has 0 fully saturated rings. The Kier molecular flexibility index (Phi) is 5.21. The third-order valence-corrected chi connectivity index (χ3v) is 2.92. The molecule has 0 spiro atoms. The molecule has 1 heterocycles. The summed E-state index contributed by atoms with van der Waals surface area (Å²) in [5, 5.41) is 17.7. The Labute approximate surface area is 117 Å². The van der Waals surface area contributed by atoms with Gasteiger partial charge in [0.25, 0.3) is 5.91 Å². The summed E-state index contributed by atoms with van der Waals surface area (Å²) in [4.78, 5) is 28.7. The number of aromatic nitrogens is 1. The second kappa shape index (κ2) is 6.66. The lowest BCUT2D eigenvalue weighted by Crippen LogP contribution is -2.35. The van der Waals surface area contributed by atoms with Crippen molar-refractivity contribution in [1.82, 2.24) is 9.88 Å². The lowest BCUT2D eigenvalue weighted by Gasteiger charge is -2.21. The fourth-order valence-corrected chi connectivity index (χ4v) is 1.80. The van der Waals surface area contributed by atoms with Gasteiger partial charge in [-0.05, 0) is 32.9 Å². The van der Waals surface area contributed by atoms with Crippen LogP contribution in [-0.4, -0.2) is 40.0 Å². The number of carbonyl (C=O) groups is 2. The minimum atomic E-state index is -1.07. The maximum Gasteiger partial charge on any atom is 0.337 e. The van der Waals surface area contributed by atoms with Crippen LogP contribution in [0, 0.1) is 24.2 Å². The molecule has 0 bridgehead atoms. The molecule has 0 saturated carbocycles. The van der Waals surface area contributed by atoms with Crippen LogP contribution in [0.3, 0.4) is 0 Å². The molecule has 1 N–H and O–H groups in total. The van der Waals surface area contributed by atoms with Crippen molar-refractivity contribution < 1.29 is 14.7 Å². The van der Waals surface area contributed by atoms with Crippen LogP contribution in [0.25, 0.3) is 0 Å². The minimum absolute atomic E-state index is 0.0787. The molecule has 1 aromatic rings. The van der Waals surface area contributed by atoms with Crippen LogP contribution in [0.2, 0.25) is 0 Å². The largest absolute Gasteiger partial charge is 0.478 e. The van der Waals surface area contributed by atoms with E-state index in [9.17, 15) is 9.59 Å². The third-order valence-electron chi connectivity index (χ3n) is 2.92. The summed E-state index contributed by atoms with van der Waals surface area (Å²) >= 11 is 0. The van der Waals surface area contributed by atoms with E-state index in [0.717, 1.165) is 0 Å². The quantitative estimate of drug-likeness (QED) is 0.882. The van der Waals surface area contributed by atoms with Crippen LogP contribution >= 0.6 is 0 Å². The SMILES string of the molecule is CCN(CC(C)C#N)C(=O)c1ccc(C(=O)O)c(C)n1. The first kappa shape index (κ1) is 15.6. The van der Waals surface area contributed by atoms with Gasteiger partial charge >= 0.3 is 5.97 Å². The van der Waals surface area contributed by atoms with Gasteiger partial charge in [0.05, 0.1) is 23.2 Å². The second-order valence-corrected chi connectivity index (χ2v) is 4.51. The molecule has 1 aromatic heterocycles. The number of aryl methyl sites for hydroxylation is 1. The summed E-state index contributed by atoms with van der Waals surface area (Å²) in [5.74, 6) is -1.63. The van der Waals surface area contributed by atoms with Crippen LogP contribution in [0.15, 0.2) is 12.1 Å². The number of carboxylic acids is 1.